The highest BCUT2D eigenvalue weighted by Crippen LogP contribution is 2.30. The second kappa shape index (κ2) is 9.28. The molecule has 35 heavy (non-hydrogen) atoms. The van der Waals surface area contributed by atoms with Gasteiger partial charge in [0.25, 0.3) is 5.91 Å². The number of pyridine rings is 1. The maximum atomic E-state index is 14.3. The summed E-state index contributed by atoms with van der Waals surface area (Å²) in [5, 5.41) is 20.1. The van der Waals surface area contributed by atoms with Crippen molar-refractivity contribution in [3.8, 4) is 22.4 Å². The molecule has 10 heteroatoms. The molecule has 0 saturated heterocycles. The number of carbonyl (C=O) groups excluding carboxylic acids is 1. The Bertz CT molecular complexity index is 1550. The molecule has 0 fully saturated rings. The zero-order valence-electron chi connectivity index (χ0n) is 18.0. The van der Waals surface area contributed by atoms with Gasteiger partial charge in [-0.2, -0.15) is 5.10 Å². The highest BCUT2D eigenvalue weighted by Gasteiger charge is 2.19. The third-order valence-electron chi connectivity index (χ3n) is 5.64. The molecule has 4 N–H and O–H groups in total. The summed E-state index contributed by atoms with van der Waals surface area (Å²) < 4.78 is 27.7. The summed E-state index contributed by atoms with van der Waals surface area (Å²) in [7, 11) is 0. The van der Waals surface area contributed by atoms with Crippen molar-refractivity contribution < 1.29 is 18.7 Å². The molecule has 0 radical (unpaired) electrons. The molecule has 1 unspecified atom stereocenters. The molecule has 1 atom stereocenters. The van der Waals surface area contributed by atoms with Crippen molar-refractivity contribution in [1.82, 2.24) is 25.5 Å². The number of nitrogens with one attached hydrogen (secondary N) is 3. The fourth-order valence-corrected chi connectivity index (χ4v) is 4.02. The smallest absolute Gasteiger partial charge is 0.268 e. The Morgan fingerprint density at radius 1 is 1.09 bits per heavy atom. The molecule has 0 bridgehead atoms. The van der Waals surface area contributed by atoms with E-state index in [1.54, 1.807) is 42.7 Å². The number of aromatic nitrogens is 4. The Kier molecular flexibility index (Phi) is 6.02. The van der Waals surface area contributed by atoms with Crippen LogP contribution in [0, 0.1) is 11.6 Å². The lowest BCUT2D eigenvalue weighted by molar-refractivity contribution is 0.0911. The summed E-state index contributed by atoms with van der Waals surface area (Å²) in [6, 6.07) is 13.0. The molecule has 0 saturated carbocycles. The van der Waals surface area contributed by atoms with Crippen molar-refractivity contribution in [1.29, 1.82) is 0 Å². The predicted molar refractivity (Wildman–Crippen MR) is 128 cm³/mol. The number of fused-ring (bicyclic) bond motifs is 1. The van der Waals surface area contributed by atoms with E-state index in [0.717, 1.165) is 0 Å². The van der Waals surface area contributed by atoms with Gasteiger partial charge in [0, 0.05) is 34.5 Å². The molecule has 2 aromatic carbocycles. The molecule has 5 rings (SSSR count). The number of amides is 1. The van der Waals surface area contributed by atoms with Crippen molar-refractivity contribution >= 4 is 28.5 Å². The SMILES string of the molecule is O=C(NC(CO)c1ccc(F)c(Cl)c1)c1cc(-c2[nH]nc3ncc(-c4ccccc4F)cc23)c[nH]1. The number of nitrogens with zero attached hydrogens (tertiary/aromatic N) is 2. The zero-order chi connectivity index (χ0) is 24.5. The van der Waals surface area contributed by atoms with Crippen LogP contribution >= 0.6 is 11.6 Å². The number of carbonyl (C=O) groups is 1. The van der Waals surface area contributed by atoms with Gasteiger partial charge in [0.05, 0.1) is 23.4 Å². The predicted octanol–water partition coefficient (Wildman–Crippen LogP) is 5.02. The minimum Gasteiger partial charge on any atom is -0.394 e. The topological polar surface area (TPSA) is 107 Å². The van der Waals surface area contributed by atoms with Gasteiger partial charge in [-0.15, -0.1) is 0 Å². The lowest BCUT2D eigenvalue weighted by Gasteiger charge is -2.16. The standard InChI is InChI=1S/C25H18ClF2N5O2/c26-18-8-13(5-6-20(18)28)22(12-34)31-25(35)21-9-15(11-29-21)23-17-7-14(10-30-24(17)33-32-23)16-3-1-2-4-19(16)27/h1-11,22,29,34H,12H2,(H,31,35)(H,30,32,33). The van der Waals surface area contributed by atoms with Crippen LogP contribution in [-0.2, 0) is 0 Å². The van der Waals surface area contributed by atoms with E-state index >= 15 is 0 Å². The van der Waals surface area contributed by atoms with Gasteiger partial charge in [-0.3, -0.25) is 9.89 Å². The molecule has 0 aliphatic carbocycles. The average Bonchev–Trinajstić information content (AvgIpc) is 3.51. The second-order valence-corrected chi connectivity index (χ2v) is 8.27. The maximum Gasteiger partial charge on any atom is 0.268 e. The van der Waals surface area contributed by atoms with Crippen molar-refractivity contribution in [3.05, 3.63) is 94.9 Å². The quantitative estimate of drug-likeness (QED) is 0.266. The van der Waals surface area contributed by atoms with Crippen molar-refractivity contribution in [2.24, 2.45) is 0 Å². The second-order valence-electron chi connectivity index (χ2n) is 7.86. The van der Waals surface area contributed by atoms with E-state index < -0.39 is 24.4 Å². The summed E-state index contributed by atoms with van der Waals surface area (Å²) in [6.45, 7) is -0.406. The number of hydrogen-bond acceptors (Lipinski definition) is 4. The van der Waals surface area contributed by atoms with Crippen LogP contribution in [0.3, 0.4) is 0 Å². The molecule has 7 nitrogen and oxygen atoms in total. The summed E-state index contributed by atoms with van der Waals surface area (Å²) in [5.41, 5.74) is 3.38. The van der Waals surface area contributed by atoms with Gasteiger partial charge >= 0.3 is 0 Å². The molecule has 3 aromatic heterocycles. The molecule has 176 valence electrons. The van der Waals surface area contributed by atoms with Crippen LogP contribution in [0.1, 0.15) is 22.1 Å². The van der Waals surface area contributed by atoms with Gasteiger partial charge in [-0.25, -0.2) is 13.8 Å². The average molecular weight is 494 g/mol. The lowest BCUT2D eigenvalue weighted by atomic mass is 10.0. The van der Waals surface area contributed by atoms with Crippen molar-refractivity contribution in [2.75, 3.05) is 6.61 Å². The molecule has 1 amide bonds. The van der Waals surface area contributed by atoms with Gasteiger partial charge in [-0.1, -0.05) is 35.9 Å². The number of rotatable bonds is 6. The normalized spacial score (nSPS) is 12.1. The summed E-state index contributed by atoms with van der Waals surface area (Å²) in [5.74, 6) is -1.43. The summed E-state index contributed by atoms with van der Waals surface area (Å²) in [6.07, 6.45) is 3.18. The van der Waals surface area contributed by atoms with Crippen LogP contribution in [0.4, 0.5) is 8.78 Å². The Labute approximate surface area is 202 Å². The van der Waals surface area contributed by atoms with Gasteiger partial charge in [-0.05, 0) is 35.9 Å². The maximum absolute atomic E-state index is 14.3. The monoisotopic (exact) mass is 493 g/mol. The number of halogens is 3. The molecule has 0 aliphatic rings. The first-order valence-corrected chi connectivity index (χ1v) is 11.0. The van der Waals surface area contributed by atoms with Crippen LogP contribution in [0.2, 0.25) is 5.02 Å². The molecule has 3 heterocycles. The van der Waals surface area contributed by atoms with E-state index in [1.165, 1.54) is 24.3 Å². The van der Waals surface area contributed by atoms with E-state index in [1.807, 2.05) is 0 Å². The van der Waals surface area contributed by atoms with Gasteiger partial charge in [0.2, 0.25) is 0 Å². The van der Waals surface area contributed by atoms with Crippen LogP contribution in [0.25, 0.3) is 33.4 Å². The molecule has 0 aliphatic heterocycles. The molecular formula is C25H18ClF2N5O2. The number of benzene rings is 2. The summed E-state index contributed by atoms with van der Waals surface area (Å²) in [4.78, 5) is 20.0. The summed E-state index contributed by atoms with van der Waals surface area (Å²) >= 11 is 5.82. The van der Waals surface area contributed by atoms with E-state index in [9.17, 15) is 18.7 Å². The number of aliphatic hydroxyl groups is 1. The van der Waals surface area contributed by atoms with Gasteiger partial charge < -0.3 is 15.4 Å². The van der Waals surface area contributed by atoms with E-state index in [-0.39, 0.29) is 16.5 Å². The number of hydrogen-bond donors (Lipinski definition) is 4. The van der Waals surface area contributed by atoms with E-state index in [2.05, 4.69) is 25.5 Å². The first-order chi connectivity index (χ1) is 16.9. The molecular weight excluding hydrogens is 476 g/mol. The van der Waals surface area contributed by atoms with Crippen LogP contribution in [0.15, 0.2) is 67.0 Å². The highest BCUT2D eigenvalue weighted by molar-refractivity contribution is 6.30. The fourth-order valence-electron chi connectivity index (χ4n) is 3.83. The Balaban J connectivity index is 1.42. The van der Waals surface area contributed by atoms with Crippen molar-refractivity contribution in [3.63, 3.8) is 0 Å². The molecule has 5 aromatic rings. The van der Waals surface area contributed by atoms with E-state index in [4.69, 9.17) is 11.6 Å². The molecule has 0 spiro atoms. The number of H-pyrrole nitrogens is 2. The third kappa shape index (κ3) is 4.39. The minimum atomic E-state index is -0.784. The third-order valence-corrected chi connectivity index (χ3v) is 5.93. The number of aromatic amines is 2. The zero-order valence-corrected chi connectivity index (χ0v) is 18.8. The van der Waals surface area contributed by atoms with Gasteiger partial charge in [0.1, 0.15) is 17.3 Å². The first kappa shape index (κ1) is 22.7. The van der Waals surface area contributed by atoms with Crippen LogP contribution < -0.4 is 5.32 Å². The number of aliphatic hydroxyl groups excluding tert-OH is 1. The minimum absolute atomic E-state index is 0.105. The highest BCUT2D eigenvalue weighted by atomic mass is 35.5. The largest absolute Gasteiger partial charge is 0.394 e. The van der Waals surface area contributed by atoms with Gasteiger partial charge in [0.15, 0.2) is 5.65 Å². The Morgan fingerprint density at radius 3 is 2.69 bits per heavy atom. The Hall–Kier alpha value is -4.08. The van der Waals surface area contributed by atoms with E-state index in [0.29, 0.717) is 39.0 Å². The first-order valence-electron chi connectivity index (χ1n) is 10.6. The van der Waals surface area contributed by atoms with Crippen LogP contribution in [-0.4, -0.2) is 37.8 Å². The fraction of sp³-hybridized carbons (Fsp3) is 0.0800. The van der Waals surface area contributed by atoms with Crippen LogP contribution in [0.5, 0.6) is 0 Å². The lowest BCUT2D eigenvalue weighted by Crippen LogP contribution is -2.31. The van der Waals surface area contributed by atoms with Crippen molar-refractivity contribution in [2.45, 2.75) is 6.04 Å². The Morgan fingerprint density at radius 2 is 1.91 bits per heavy atom.